The molecule has 8 heteroatoms. The van der Waals surface area contributed by atoms with Crippen LogP contribution in [-0.4, -0.2) is 27.0 Å². The first-order valence-corrected chi connectivity index (χ1v) is 9.64. The Balaban J connectivity index is 1.51. The van der Waals surface area contributed by atoms with Crippen molar-refractivity contribution in [1.82, 2.24) is 15.2 Å². The summed E-state index contributed by atoms with van der Waals surface area (Å²) in [5, 5.41) is 12.5. The zero-order valence-electron chi connectivity index (χ0n) is 16.3. The highest BCUT2D eigenvalue weighted by Gasteiger charge is 2.47. The number of nitrogen functional groups attached to an aromatic ring is 1. The first-order valence-electron chi connectivity index (χ1n) is 9.64. The Bertz CT molecular complexity index is 1340. The van der Waals surface area contributed by atoms with E-state index in [1.807, 2.05) is 19.1 Å². The van der Waals surface area contributed by atoms with Crippen molar-refractivity contribution in [3.05, 3.63) is 48.3 Å². The van der Waals surface area contributed by atoms with Crippen LogP contribution in [0.4, 0.5) is 11.5 Å². The highest BCUT2D eigenvalue weighted by molar-refractivity contribution is 6.02. The van der Waals surface area contributed by atoms with E-state index in [0.29, 0.717) is 17.9 Å². The van der Waals surface area contributed by atoms with Gasteiger partial charge in [0.05, 0.1) is 23.5 Å². The zero-order valence-corrected chi connectivity index (χ0v) is 16.3. The fraction of sp³-hybridized carbons (Fsp3) is 0.182. The molecule has 8 nitrogen and oxygen atoms in total. The summed E-state index contributed by atoms with van der Waals surface area (Å²) < 4.78 is 0. The summed E-state index contributed by atoms with van der Waals surface area (Å²) >= 11 is 0. The molecule has 2 heterocycles. The third kappa shape index (κ3) is 3.02. The molecule has 2 aromatic carbocycles. The lowest BCUT2D eigenvalue weighted by Gasteiger charge is -2.11. The molecular formula is C22H20N6O2. The van der Waals surface area contributed by atoms with Crippen molar-refractivity contribution < 1.29 is 9.59 Å². The first kappa shape index (κ1) is 18.1. The first-order chi connectivity index (χ1) is 14.4. The topological polar surface area (TPSA) is 140 Å². The molecule has 0 bridgehead atoms. The van der Waals surface area contributed by atoms with Crippen LogP contribution in [0.15, 0.2) is 42.7 Å². The van der Waals surface area contributed by atoms with Crippen molar-refractivity contribution in [1.29, 1.82) is 0 Å². The number of carbonyl (C=O) groups is 2. The molecule has 0 aliphatic heterocycles. The number of H-pyrrole nitrogens is 1. The van der Waals surface area contributed by atoms with Gasteiger partial charge in [-0.05, 0) is 65.8 Å². The summed E-state index contributed by atoms with van der Waals surface area (Å²) in [5.41, 5.74) is 16.3. The normalized spacial score (nSPS) is 17.9. The number of pyridine rings is 1. The van der Waals surface area contributed by atoms with E-state index in [1.54, 1.807) is 18.5 Å². The molecule has 2 aromatic heterocycles. The van der Waals surface area contributed by atoms with E-state index in [9.17, 15) is 9.59 Å². The summed E-state index contributed by atoms with van der Waals surface area (Å²) in [6.45, 7) is 2.04. The molecule has 0 saturated heterocycles. The van der Waals surface area contributed by atoms with Gasteiger partial charge in [0.2, 0.25) is 11.8 Å². The van der Waals surface area contributed by atoms with E-state index in [2.05, 4.69) is 32.6 Å². The summed E-state index contributed by atoms with van der Waals surface area (Å²) in [6, 6.07) is 9.88. The van der Waals surface area contributed by atoms with E-state index < -0.39 is 5.91 Å². The van der Waals surface area contributed by atoms with Gasteiger partial charge in [-0.25, -0.2) is 4.98 Å². The number of benzene rings is 2. The lowest BCUT2D eigenvalue weighted by molar-refractivity contribution is -0.123. The average Bonchev–Trinajstić information content (AvgIpc) is 3.40. The molecular weight excluding hydrogens is 380 g/mol. The highest BCUT2D eigenvalue weighted by atomic mass is 16.2. The molecule has 4 aromatic rings. The smallest absolute Gasteiger partial charge is 0.229 e. The Morgan fingerprint density at radius 2 is 1.93 bits per heavy atom. The van der Waals surface area contributed by atoms with Gasteiger partial charge >= 0.3 is 0 Å². The molecule has 1 saturated carbocycles. The number of aromatic nitrogens is 3. The Kier molecular flexibility index (Phi) is 3.95. The maximum atomic E-state index is 12.3. The molecule has 0 unspecified atom stereocenters. The zero-order chi connectivity index (χ0) is 21.0. The summed E-state index contributed by atoms with van der Waals surface area (Å²) in [7, 11) is 0. The van der Waals surface area contributed by atoms with E-state index in [-0.39, 0.29) is 17.7 Å². The number of aryl methyl sites for hydroxylation is 1. The molecule has 0 radical (unpaired) electrons. The van der Waals surface area contributed by atoms with Crippen LogP contribution < -0.4 is 16.8 Å². The van der Waals surface area contributed by atoms with Crippen molar-refractivity contribution >= 4 is 45.0 Å². The number of hydrogen-bond acceptors (Lipinski definition) is 5. The monoisotopic (exact) mass is 400 g/mol. The van der Waals surface area contributed by atoms with Crippen molar-refractivity contribution in [2.75, 3.05) is 11.1 Å². The fourth-order valence-electron chi connectivity index (χ4n) is 3.94. The number of amides is 2. The number of fused-ring (bicyclic) bond motifs is 2. The minimum Gasteiger partial charge on any atom is -0.398 e. The molecule has 2 amide bonds. The van der Waals surface area contributed by atoms with Crippen LogP contribution in [-0.2, 0) is 9.59 Å². The lowest BCUT2D eigenvalue weighted by atomic mass is 9.96. The van der Waals surface area contributed by atoms with Crippen molar-refractivity contribution in [3.63, 3.8) is 0 Å². The molecule has 1 fully saturated rings. The number of nitrogens with one attached hydrogen (secondary N) is 2. The van der Waals surface area contributed by atoms with Crippen molar-refractivity contribution in [2.24, 2.45) is 17.6 Å². The second kappa shape index (κ2) is 6.55. The molecule has 0 spiro atoms. The highest BCUT2D eigenvalue weighted by Crippen LogP contribution is 2.39. The van der Waals surface area contributed by atoms with Gasteiger partial charge in [0.1, 0.15) is 5.82 Å². The van der Waals surface area contributed by atoms with Crippen LogP contribution in [0.25, 0.3) is 32.8 Å². The number of nitrogens with two attached hydrogens (primary N) is 2. The van der Waals surface area contributed by atoms with Crippen LogP contribution in [0.5, 0.6) is 0 Å². The standard InChI is InChI=1S/C22H20N6O2/c1-10-2-19-13(8-26-28-19)4-14(10)11-3-12-6-20(25-9-17(12)18(23)5-11)27-22(30)16-7-15(16)21(24)29/h2-6,8-9,15-16H,7,23H2,1H3,(H2,24,29)(H,26,28)(H,25,27,30)/t15-,16-/m1/s1. The maximum Gasteiger partial charge on any atom is 0.229 e. The number of anilines is 2. The van der Waals surface area contributed by atoms with Gasteiger partial charge in [0.15, 0.2) is 0 Å². The molecule has 5 rings (SSSR count). The quantitative estimate of drug-likeness (QED) is 0.390. The number of aromatic amines is 1. The van der Waals surface area contributed by atoms with E-state index in [0.717, 1.165) is 38.4 Å². The predicted octanol–water partition coefficient (Wildman–Crippen LogP) is 2.73. The Labute approximate surface area is 171 Å². The van der Waals surface area contributed by atoms with Gasteiger partial charge in [0, 0.05) is 22.7 Å². The van der Waals surface area contributed by atoms with E-state index in [1.165, 1.54) is 0 Å². The molecule has 1 aliphatic rings. The van der Waals surface area contributed by atoms with Crippen LogP contribution in [0.2, 0.25) is 0 Å². The minimum atomic E-state index is -0.441. The van der Waals surface area contributed by atoms with Crippen LogP contribution >= 0.6 is 0 Å². The van der Waals surface area contributed by atoms with Gasteiger partial charge in [0.25, 0.3) is 0 Å². The predicted molar refractivity (Wildman–Crippen MR) is 115 cm³/mol. The Hall–Kier alpha value is -3.94. The Morgan fingerprint density at radius 1 is 1.10 bits per heavy atom. The van der Waals surface area contributed by atoms with Gasteiger partial charge < -0.3 is 16.8 Å². The number of nitrogens with zero attached hydrogens (tertiary/aromatic N) is 2. The fourth-order valence-corrected chi connectivity index (χ4v) is 3.94. The SMILES string of the molecule is Cc1cc2[nH]ncc2cc1-c1cc(N)c2cnc(NC(=O)[C@@H]3C[C@H]3C(N)=O)cc2c1. The van der Waals surface area contributed by atoms with Crippen LogP contribution in [0.1, 0.15) is 12.0 Å². The van der Waals surface area contributed by atoms with Crippen molar-refractivity contribution in [3.8, 4) is 11.1 Å². The van der Waals surface area contributed by atoms with Crippen LogP contribution in [0.3, 0.4) is 0 Å². The molecule has 1 aliphatic carbocycles. The van der Waals surface area contributed by atoms with Gasteiger partial charge in [-0.3, -0.25) is 14.7 Å². The number of rotatable bonds is 4. The Morgan fingerprint density at radius 3 is 2.70 bits per heavy atom. The van der Waals surface area contributed by atoms with Crippen LogP contribution in [0, 0.1) is 18.8 Å². The van der Waals surface area contributed by atoms with Gasteiger partial charge in [-0.1, -0.05) is 0 Å². The summed E-state index contributed by atoms with van der Waals surface area (Å²) in [5.74, 6) is -1.02. The lowest BCUT2D eigenvalue weighted by Crippen LogP contribution is -2.21. The summed E-state index contributed by atoms with van der Waals surface area (Å²) in [6.07, 6.45) is 3.92. The molecule has 6 N–H and O–H groups in total. The molecule has 30 heavy (non-hydrogen) atoms. The summed E-state index contributed by atoms with van der Waals surface area (Å²) in [4.78, 5) is 27.8. The van der Waals surface area contributed by atoms with Gasteiger partial charge in [-0.2, -0.15) is 5.10 Å². The number of primary amides is 1. The second-order valence-electron chi connectivity index (χ2n) is 7.82. The van der Waals surface area contributed by atoms with E-state index in [4.69, 9.17) is 11.5 Å². The maximum absolute atomic E-state index is 12.3. The van der Waals surface area contributed by atoms with E-state index >= 15 is 0 Å². The average molecular weight is 400 g/mol. The van der Waals surface area contributed by atoms with Crippen molar-refractivity contribution in [2.45, 2.75) is 13.3 Å². The second-order valence-corrected chi connectivity index (χ2v) is 7.82. The number of carbonyl (C=O) groups excluding carboxylic acids is 2. The van der Waals surface area contributed by atoms with Gasteiger partial charge in [-0.15, -0.1) is 0 Å². The third-order valence-electron chi connectivity index (χ3n) is 5.71. The largest absolute Gasteiger partial charge is 0.398 e. The molecule has 2 atom stereocenters. The minimum absolute atomic E-state index is 0.240. The molecule has 150 valence electrons. The number of hydrogen-bond donors (Lipinski definition) is 4. The third-order valence-corrected chi connectivity index (χ3v) is 5.71.